The maximum absolute atomic E-state index is 12.2. The van der Waals surface area contributed by atoms with E-state index in [1.54, 1.807) is 39.5 Å². The molecule has 20 heavy (non-hydrogen) atoms. The average molecular weight is 346 g/mol. The van der Waals surface area contributed by atoms with Crippen molar-refractivity contribution >= 4 is 21.8 Å². The van der Waals surface area contributed by atoms with Crippen LogP contribution in [0.15, 0.2) is 22.7 Å². The molecule has 1 amide bonds. The Hall–Kier alpha value is -1.11. The third-order valence-corrected chi connectivity index (χ3v) is 3.68. The third-order valence-electron chi connectivity index (χ3n) is 2.98. The lowest BCUT2D eigenvalue weighted by atomic mass is 10.1. The molecule has 0 radical (unpaired) electrons. The Morgan fingerprint density at radius 2 is 2.05 bits per heavy atom. The number of benzene rings is 1. The maximum Gasteiger partial charge on any atom is 0.252 e. The van der Waals surface area contributed by atoms with E-state index in [4.69, 9.17) is 14.2 Å². The fourth-order valence-corrected chi connectivity index (χ4v) is 2.08. The minimum Gasteiger partial charge on any atom is -0.497 e. The molecule has 0 unspecified atom stereocenters. The second-order valence-electron chi connectivity index (χ2n) is 4.62. The van der Waals surface area contributed by atoms with E-state index in [0.717, 1.165) is 0 Å². The molecule has 0 aliphatic heterocycles. The number of hydrogen-bond donors (Lipinski definition) is 1. The number of hydrogen-bond acceptors (Lipinski definition) is 4. The van der Waals surface area contributed by atoms with E-state index < -0.39 is 5.60 Å². The lowest BCUT2D eigenvalue weighted by Crippen LogP contribution is -2.45. The molecule has 0 saturated heterocycles. The average Bonchev–Trinajstić information content (AvgIpc) is 2.45. The summed E-state index contributed by atoms with van der Waals surface area (Å²) in [5.41, 5.74) is -0.0457. The second kappa shape index (κ2) is 7.61. The molecule has 0 spiro atoms. The number of carbonyl (C=O) groups is 1. The zero-order valence-electron chi connectivity index (χ0n) is 12.2. The van der Waals surface area contributed by atoms with Gasteiger partial charge in [-0.15, -0.1) is 0 Å². The normalized spacial score (nSPS) is 13.7. The van der Waals surface area contributed by atoms with Crippen LogP contribution in [0.2, 0.25) is 0 Å². The summed E-state index contributed by atoms with van der Waals surface area (Å²) >= 11 is 3.36. The number of nitrogens with one attached hydrogen (secondary N) is 1. The largest absolute Gasteiger partial charge is 0.497 e. The number of methoxy groups -OCH3 is 3. The molecule has 1 N–H and O–H groups in total. The van der Waals surface area contributed by atoms with E-state index in [1.165, 1.54) is 0 Å². The van der Waals surface area contributed by atoms with Crippen LogP contribution in [0.4, 0.5) is 0 Å². The van der Waals surface area contributed by atoms with Crippen LogP contribution < -0.4 is 10.1 Å². The Morgan fingerprint density at radius 3 is 2.60 bits per heavy atom. The molecular formula is C14H20BrNO4. The van der Waals surface area contributed by atoms with E-state index >= 15 is 0 Å². The van der Waals surface area contributed by atoms with Gasteiger partial charge in [0.2, 0.25) is 0 Å². The van der Waals surface area contributed by atoms with Crippen molar-refractivity contribution in [1.29, 1.82) is 0 Å². The lowest BCUT2D eigenvalue weighted by molar-refractivity contribution is -0.0479. The first kappa shape index (κ1) is 16.9. The van der Waals surface area contributed by atoms with Crippen molar-refractivity contribution < 1.29 is 19.0 Å². The molecule has 5 nitrogen and oxygen atoms in total. The SMILES string of the molecule is COC[C@@](C)(CNC(=O)c1cc(OC)ccc1Br)OC. The molecule has 0 aromatic heterocycles. The van der Waals surface area contributed by atoms with E-state index in [0.29, 0.717) is 28.9 Å². The van der Waals surface area contributed by atoms with Gasteiger partial charge in [-0.05, 0) is 41.1 Å². The summed E-state index contributed by atoms with van der Waals surface area (Å²) in [7, 11) is 4.75. The van der Waals surface area contributed by atoms with Gasteiger partial charge in [-0.25, -0.2) is 0 Å². The van der Waals surface area contributed by atoms with E-state index in [-0.39, 0.29) is 5.91 Å². The van der Waals surface area contributed by atoms with Crippen molar-refractivity contribution in [2.75, 3.05) is 34.5 Å². The van der Waals surface area contributed by atoms with E-state index in [1.807, 2.05) is 6.92 Å². The molecule has 0 aliphatic carbocycles. The van der Waals surface area contributed by atoms with Gasteiger partial charge in [0.05, 0.1) is 19.3 Å². The molecule has 1 atom stereocenters. The summed E-state index contributed by atoms with van der Waals surface area (Å²) in [6.45, 7) is 2.61. The first-order valence-corrected chi connectivity index (χ1v) is 6.91. The van der Waals surface area contributed by atoms with Crippen molar-refractivity contribution in [2.24, 2.45) is 0 Å². The van der Waals surface area contributed by atoms with Gasteiger partial charge in [0, 0.05) is 25.2 Å². The fraction of sp³-hybridized carbons (Fsp3) is 0.500. The predicted octanol–water partition coefficient (Wildman–Crippen LogP) is 2.24. The van der Waals surface area contributed by atoms with Crippen molar-refractivity contribution in [1.82, 2.24) is 5.32 Å². The van der Waals surface area contributed by atoms with Crippen LogP contribution in [0.5, 0.6) is 5.75 Å². The summed E-state index contributed by atoms with van der Waals surface area (Å²) < 4.78 is 16.3. The van der Waals surface area contributed by atoms with E-state index in [9.17, 15) is 4.79 Å². The minimum absolute atomic E-state index is 0.199. The van der Waals surface area contributed by atoms with E-state index in [2.05, 4.69) is 21.2 Å². The van der Waals surface area contributed by atoms with Gasteiger partial charge >= 0.3 is 0 Å². The van der Waals surface area contributed by atoms with Crippen LogP contribution in [-0.4, -0.2) is 46.0 Å². The number of ether oxygens (including phenoxy) is 3. The van der Waals surface area contributed by atoms with Crippen LogP contribution in [0.25, 0.3) is 0 Å². The Kier molecular flexibility index (Phi) is 6.45. The molecule has 112 valence electrons. The number of halogens is 1. The number of carbonyl (C=O) groups excluding carboxylic acids is 1. The quantitative estimate of drug-likeness (QED) is 0.823. The van der Waals surface area contributed by atoms with Crippen LogP contribution in [0.1, 0.15) is 17.3 Å². The van der Waals surface area contributed by atoms with Gasteiger partial charge in [0.15, 0.2) is 0 Å². The van der Waals surface area contributed by atoms with Gasteiger partial charge in [0.25, 0.3) is 5.91 Å². The summed E-state index contributed by atoms with van der Waals surface area (Å²) in [6, 6.07) is 5.24. The highest BCUT2D eigenvalue weighted by atomic mass is 79.9. The standard InChI is InChI=1S/C14H20BrNO4/c1-14(20-4,9-18-2)8-16-13(17)11-7-10(19-3)5-6-12(11)15/h5-7H,8-9H2,1-4H3,(H,16,17)/t14-/m1/s1. The Labute approximate surface area is 127 Å². The van der Waals surface area contributed by atoms with Gasteiger partial charge in [-0.3, -0.25) is 4.79 Å². The molecule has 0 heterocycles. The Morgan fingerprint density at radius 1 is 1.35 bits per heavy atom. The number of rotatable bonds is 7. The highest BCUT2D eigenvalue weighted by Gasteiger charge is 2.25. The molecule has 0 bridgehead atoms. The van der Waals surface area contributed by atoms with Crippen LogP contribution in [0.3, 0.4) is 0 Å². The third kappa shape index (κ3) is 4.47. The molecule has 1 rings (SSSR count). The molecule has 0 saturated carbocycles. The van der Waals surface area contributed by atoms with Gasteiger partial charge in [-0.1, -0.05) is 0 Å². The fourth-order valence-electron chi connectivity index (χ4n) is 1.66. The van der Waals surface area contributed by atoms with Crippen molar-refractivity contribution in [3.05, 3.63) is 28.2 Å². The van der Waals surface area contributed by atoms with Crippen molar-refractivity contribution in [3.8, 4) is 5.75 Å². The van der Waals surface area contributed by atoms with Gasteiger partial charge < -0.3 is 19.5 Å². The maximum atomic E-state index is 12.2. The topological polar surface area (TPSA) is 56.8 Å². The summed E-state index contributed by atoms with van der Waals surface area (Å²) in [4.78, 5) is 12.2. The lowest BCUT2D eigenvalue weighted by Gasteiger charge is -2.27. The smallest absolute Gasteiger partial charge is 0.252 e. The molecule has 1 aromatic carbocycles. The zero-order chi connectivity index (χ0) is 15.2. The second-order valence-corrected chi connectivity index (χ2v) is 5.47. The molecule has 1 aromatic rings. The van der Waals surface area contributed by atoms with Crippen molar-refractivity contribution in [3.63, 3.8) is 0 Å². The predicted molar refractivity (Wildman–Crippen MR) is 80.3 cm³/mol. The zero-order valence-corrected chi connectivity index (χ0v) is 13.7. The molecule has 6 heteroatoms. The van der Waals surface area contributed by atoms with Crippen LogP contribution >= 0.6 is 15.9 Å². The molecule has 0 fully saturated rings. The Bertz CT molecular complexity index is 466. The van der Waals surface area contributed by atoms with Gasteiger partial charge in [-0.2, -0.15) is 0 Å². The first-order chi connectivity index (χ1) is 9.45. The summed E-state index contributed by atoms with van der Waals surface area (Å²) in [5, 5.41) is 2.84. The summed E-state index contributed by atoms with van der Waals surface area (Å²) in [6.07, 6.45) is 0. The molecule has 0 aliphatic rings. The molecular weight excluding hydrogens is 326 g/mol. The van der Waals surface area contributed by atoms with Crippen molar-refractivity contribution in [2.45, 2.75) is 12.5 Å². The van der Waals surface area contributed by atoms with Crippen LogP contribution in [-0.2, 0) is 9.47 Å². The Balaban J connectivity index is 2.76. The highest BCUT2D eigenvalue weighted by molar-refractivity contribution is 9.10. The summed E-state index contributed by atoms with van der Waals surface area (Å²) in [5.74, 6) is 0.430. The van der Waals surface area contributed by atoms with Gasteiger partial charge in [0.1, 0.15) is 11.4 Å². The highest BCUT2D eigenvalue weighted by Crippen LogP contribution is 2.22. The van der Waals surface area contributed by atoms with Crippen LogP contribution in [0, 0.1) is 0 Å². The number of amides is 1. The minimum atomic E-state index is -0.560. The monoisotopic (exact) mass is 345 g/mol. The first-order valence-electron chi connectivity index (χ1n) is 6.11.